The third kappa shape index (κ3) is 4.78. The maximum atomic E-state index is 13.3. The van der Waals surface area contributed by atoms with Crippen LogP contribution in [0.15, 0.2) is 24.3 Å². The van der Waals surface area contributed by atoms with E-state index in [1.165, 1.54) is 6.07 Å². The van der Waals surface area contributed by atoms with Crippen LogP contribution in [-0.2, 0) is 0 Å². The van der Waals surface area contributed by atoms with Crippen molar-refractivity contribution < 1.29 is 4.39 Å². The minimum absolute atomic E-state index is 0.169. The topological polar surface area (TPSA) is 15.3 Å². The number of halogens is 1. The summed E-state index contributed by atoms with van der Waals surface area (Å²) >= 11 is 0. The maximum absolute atomic E-state index is 13.3. The first-order chi connectivity index (χ1) is 9.56. The van der Waals surface area contributed by atoms with Gasteiger partial charge in [0.2, 0.25) is 0 Å². The minimum Gasteiger partial charge on any atom is -0.374 e. The summed E-state index contributed by atoms with van der Waals surface area (Å²) < 4.78 is 13.3. The number of anilines is 1. The van der Waals surface area contributed by atoms with E-state index in [1.54, 1.807) is 12.1 Å². The van der Waals surface area contributed by atoms with Crippen molar-refractivity contribution in [3.8, 4) is 0 Å². The van der Waals surface area contributed by atoms with Crippen molar-refractivity contribution in [3.05, 3.63) is 30.1 Å². The SMILES string of the molecule is CCCNCC(CC)(CC)CN(C)c1cccc(F)c1. The molecule has 1 aromatic rings. The van der Waals surface area contributed by atoms with Crippen molar-refractivity contribution in [3.63, 3.8) is 0 Å². The van der Waals surface area contributed by atoms with Gasteiger partial charge in [0.15, 0.2) is 0 Å². The van der Waals surface area contributed by atoms with E-state index in [1.807, 2.05) is 6.07 Å². The summed E-state index contributed by atoms with van der Waals surface area (Å²) in [5.74, 6) is -0.169. The highest BCUT2D eigenvalue weighted by molar-refractivity contribution is 5.45. The Labute approximate surface area is 123 Å². The molecule has 0 aliphatic heterocycles. The molecule has 1 aromatic carbocycles. The first kappa shape index (κ1) is 17.0. The number of nitrogens with zero attached hydrogens (tertiary/aromatic N) is 1. The third-order valence-electron chi connectivity index (χ3n) is 4.25. The van der Waals surface area contributed by atoms with Crippen LogP contribution in [0.5, 0.6) is 0 Å². The molecule has 0 saturated carbocycles. The monoisotopic (exact) mass is 280 g/mol. The molecule has 0 bridgehead atoms. The minimum atomic E-state index is -0.169. The normalized spacial score (nSPS) is 11.7. The average molecular weight is 280 g/mol. The molecule has 1 N–H and O–H groups in total. The quantitative estimate of drug-likeness (QED) is 0.686. The molecule has 0 radical (unpaired) electrons. The van der Waals surface area contributed by atoms with E-state index in [2.05, 4.69) is 38.0 Å². The fourth-order valence-electron chi connectivity index (χ4n) is 2.62. The van der Waals surface area contributed by atoms with Gasteiger partial charge in [0.1, 0.15) is 5.82 Å². The summed E-state index contributed by atoms with van der Waals surface area (Å²) in [4.78, 5) is 2.17. The predicted octanol–water partition coefficient (Wildman–Crippen LogP) is 4.07. The van der Waals surface area contributed by atoms with Crippen LogP contribution >= 0.6 is 0 Å². The second kappa shape index (κ2) is 8.25. The van der Waals surface area contributed by atoms with E-state index in [4.69, 9.17) is 0 Å². The highest BCUT2D eigenvalue weighted by Crippen LogP contribution is 2.28. The van der Waals surface area contributed by atoms with Crippen molar-refractivity contribution in [1.82, 2.24) is 5.32 Å². The molecule has 0 aliphatic carbocycles. The van der Waals surface area contributed by atoms with Gasteiger partial charge in [0, 0.05) is 25.8 Å². The molecule has 0 spiro atoms. The third-order valence-corrected chi connectivity index (χ3v) is 4.25. The number of benzene rings is 1. The number of rotatable bonds is 9. The molecule has 20 heavy (non-hydrogen) atoms. The summed E-state index contributed by atoms with van der Waals surface area (Å²) in [5.41, 5.74) is 1.20. The van der Waals surface area contributed by atoms with Gasteiger partial charge in [-0.15, -0.1) is 0 Å². The average Bonchev–Trinajstić information content (AvgIpc) is 2.46. The van der Waals surface area contributed by atoms with Crippen LogP contribution in [0.2, 0.25) is 0 Å². The number of hydrogen-bond acceptors (Lipinski definition) is 2. The Morgan fingerprint density at radius 3 is 2.45 bits per heavy atom. The summed E-state index contributed by atoms with van der Waals surface area (Å²) in [7, 11) is 2.05. The van der Waals surface area contributed by atoms with Crippen LogP contribution in [0, 0.1) is 11.2 Å². The van der Waals surface area contributed by atoms with Crippen molar-refractivity contribution in [2.75, 3.05) is 31.6 Å². The van der Waals surface area contributed by atoms with Crippen molar-refractivity contribution in [2.45, 2.75) is 40.0 Å². The molecule has 0 fully saturated rings. The van der Waals surface area contributed by atoms with Gasteiger partial charge in [-0.1, -0.05) is 26.8 Å². The molecule has 1 rings (SSSR count). The Balaban J connectivity index is 2.73. The summed E-state index contributed by atoms with van der Waals surface area (Å²) in [5, 5.41) is 3.55. The maximum Gasteiger partial charge on any atom is 0.125 e. The zero-order chi connectivity index (χ0) is 15.0. The van der Waals surface area contributed by atoms with E-state index in [0.717, 1.165) is 44.6 Å². The molecule has 0 heterocycles. The lowest BCUT2D eigenvalue weighted by molar-refractivity contribution is 0.256. The number of hydrogen-bond donors (Lipinski definition) is 1. The Bertz CT molecular complexity index is 388. The first-order valence-corrected chi connectivity index (χ1v) is 7.74. The van der Waals surface area contributed by atoms with Crippen molar-refractivity contribution in [1.29, 1.82) is 0 Å². The van der Waals surface area contributed by atoms with Gasteiger partial charge in [0.05, 0.1) is 0 Å². The fourth-order valence-corrected chi connectivity index (χ4v) is 2.62. The van der Waals surface area contributed by atoms with E-state index in [0.29, 0.717) is 0 Å². The fraction of sp³-hybridized carbons (Fsp3) is 0.647. The second-order valence-corrected chi connectivity index (χ2v) is 5.72. The molecule has 0 aromatic heterocycles. The Morgan fingerprint density at radius 1 is 1.20 bits per heavy atom. The Hall–Kier alpha value is -1.09. The van der Waals surface area contributed by atoms with E-state index in [9.17, 15) is 4.39 Å². The number of nitrogens with one attached hydrogen (secondary N) is 1. The lowest BCUT2D eigenvalue weighted by atomic mass is 9.81. The van der Waals surface area contributed by atoms with Crippen LogP contribution in [0.4, 0.5) is 10.1 Å². The van der Waals surface area contributed by atoms with Gasteiger partial charge in [-0.05, 0) is 49.4 Å². The van der Waals surface area contributed by atoms with Gasteiger partial charge in [0.25, 0.3) is 0 Å². The van der Waals surface area contributed by atoms with E-state index >= 15 is 0 Å². The molecule has 114 valence electrons. The first-order valence-electron chi connectivity index (χ1n) is 7.74. The Kier molecular flexibility index (Phi) is 7.00. The lowest BCUT2D eigenvalue weighted by Gasteiger charge is -2.37. The second-order valence-electron chi connectivity index (χ2n) is 5.72. The molecular weight excluding hydrogens is 251 g/mol. The highest BCUT2D eigenvalue weighted by Gasteiger charge is 2.27. The predicted molar refractivity (Wildman–Crippen MR) is 85.8 cm³/mol. The van der Waals surface area contributed by atoms with E-state index < -0.39 is 0 Å². The lowest BCUT2D eigenvalue weighted by Crippen LogP contribution is -2.42. The molecule has 0 saturated heterocycles. The molecule has 3 heteroatoms. The summed E-state index contributed by atoms with van der Waals surface area (Å²) in [6.07, 6.45) is 3.41. The zero-order valence-corrected chi connectivity index (χ0v) is 13.4. The zero-order valence-electron chi connectivity index (χ0n) is 13.4. The Morgan fingerprint density at radius 2 is 1.90 bits per heavy atom. The van der Waals surface area contributed by atoms with Gasteiger partial charge >= 0.3 is 0 Å². The largest absolute Gasteiger partial charge is 0.374 e. The highest BCUT2D eigenvalue weighted by atomic mass is 19.1. The molecular formula is C17H29FN2. The molecule has 2 nitrogen and oxygen atoms in total. The van der Waals surface area contributed by atoms with Crippen LogP contribution in [0.1, 0.15) is 40.0 Å². The smallest absolute Gasteiger partial charge is 0.125 e. The van der Waals surface area contributed by atoms with Crippen LogP contribution in [0.25, 0.3) is 0 Å². The standard InChI is InChI=1S/C17H29FN2/c1-5-11-19-13-17(6-2,7-3)14-20(4)16-10-8-9-15(18)12-16/h8-10,12,19H,5-7,11,13-14H2,1-4H3. The molecule has 0 unspecified atom stereocenters. The van der Waals surface area contributed by atoms with E-state index in [-0.39, 0.29) is 11.2 Å². The van der Waals surface area contributed by atoms with Crippen molar-refractivity contribution >= 4 is 5.69 Å². The summed E-state index contributed by atoms with van der Waals surface area (Å²) in [6.45, 7) is 9.71. The van der Waals surface area contributed by atoms with Crippen LogP contribution < -0.4 is 10.2 Å². The van der Waals surface area contributed by atoms with Gasteiger partial charge in [-0.3, -0.25) is 0 Å². The summed E-state index contributed by atoms with van der Waals surface area (Å²) in [6, 6.07) is 6.84. The van der Waals surface area contributed by atoms with Gasteiger partial charge in [-0.25, -0.2) is 4.39 Å². The van der Waals surface area contributed by atoms with Crippen molar-refractivity contribution in [2.24, 2.45) is 5.41 Å². The van der Waals surface area contributed by atoms with Gasteiger partial charge in [-0.2, -0.15) is 0 Å². The molecule has 0 atom stereocenters. The van der Waals surface area contributed by atoms with Crippen LogP contribution in [-0.4, -0.2) is 26.7 Å². The van der Waals surface area contributed by atoms with Crippen LogP contribution in [0.3, 0.4) is 0 Å². The van der Waals surface area contributed by atoms with Gasteiger partial charge < -0.3 is 10.2 Å². The molecule has 0 aliphatic rings. The molecule has 0 amide bonds.